The van der Waals surface area contributed by atoms with Crippen molar-refractivity contribution in [2.45, 2.75) is 44.4 Å². The Kier molecular flexibility index (Phi) is 5.12. The maximum Gasteiger partial charge on any atom is 0.237 e. The van der Waals surface area contributed by atoms with E-state index < -0.39 is 0 Å². The van der Waals surface area contributed by atoms with Gasteiger partial charge in [0.1, 0.15) is 10.9 Å². The number of nitrogens with one attached hydrogen (secondary N) is 1. The van der Waals surface area contributed by atoms with E-state index in [2.05, 4.69) is 37.4 Å². The number of rotatable bonds is 5. The SMILES string of the molecule is CC[C@@H](Sc1nnc(C)n2c1cc1sccc12)C(=O)Nc1cc(C)ccc1C. The van der Waals surface area contributed by atoms with E-state index in [9.17, 15) is 4.79 Å². The third-order valence-electron chi connectivity index (χ3n) is 4.82. The topological polar surface area (TPSA) is 59.3 Å². The van der Waals surface area contributed by atoms with E-state index in [1.165, 1.54) is 16.5 Å². The number of aromatic nitrogens is 3. The predicted molar refractivity (Wildman–Crippen MR) is 118 cm³/mol. The Morgan fingerprint density at radius 2 is 2.00 bits per heavy atom. The molecule has 7 heteroatoms. The minimum atomic E-state index is -0.242. The Hall–Kier alpha value is -2.38. The van der Waals surface area contributed by atoms with Crippen molar-refractivity contribution in [1.29, 1.82) is 0 Å². The molecule has 4 rings (SSSR count). The molecule has 0 bridgehead atoms. The summed E-state index contributed by atoms with van der Waals surface area (Å²) in [6.07, 6.45) is 0.707. The van der Waals surface area contributed by atoms with Gasteiger partial charge >= 0.3 is 0 Å². The first-order valence-corrected chi connectivity index (χ1v) is 11.0. The number of aryl methyl sites for hydroxylation is 3. The lowest BCUT2D eigenvalue weighted by Gasteiger charge is -2.16. The summed E-state index contributed by atoms with van der Waals surface area (Å²) in [7, 11) is 0. The molecule has 144 valence electrons. The molecule has 0 unspecified atom stereocenters. The van der Waals surface area contributed by atoms with E-state index >= 15 is 0 Å². The van der Waals surface area contributed by atoms with Crippen LogP contribution in [0.25, 0.3) is 15.7 Å². The van der Waals surface area contributed by atoms with Gasteiger partial charge in [0.05, 0.1) is 21.0 Å². The Balaban J connectivity index is 1.64. The fourth-order valence-corrected chi connectivity index (χ4v) is 5.03. The van der Waals surface area contributed by atoms with E-state index in [0.29, 0.717) is 6.42 Å². The number of carbonyl (C=O) groups excluding carboxylic acids is 1. The smallest absolute Gasteiger partial charge is 0.237 e. The highest BCUT2D eigenvalue weighted by molar-refractivity contribution is 8.00. The van der Waals surface area contributed by atoms with Crippen molar-refractivity contribution in [2.75, 3.05) is 5.32 Å². The number of thioether (sulfide) groups is 1. The summed E-state index contributed by atoms with van der Waals surface area (Å²) in [6, 6.07) is 10.3. The number of hydrogen-bond acceptors (Lipinski definition) is 5. The molecular weight excluding hydrogens is 388 g/mol. The molecule has 3 aromatic heterocycles. The maximum atomic E-state index is 13.0. The van der Waals surface area contributed by atoms with Crippen molar-refractivity contribution in [3.8, 4) is 0 Å². The summed E-state index contributed by atoms with van der Waals surface area (Å²) in [5.41, 5.74) is 5.20. The molecule has 1 amide bonds. The van der Waals surface area contributed by atoms with Gasteiger partial charge in [-0.25, -0.2) is 0 Å². The lowest BCUT2D eigenvalue weighted by Crippen LogP contribution is -2.25. The van der Waals surface area contributed by atoms with Gasteiger partial charge in [0, 0.05) is 5.69 Å². The van der Waals surface area contributed by atoms with Crippen LogP contribution in [-0.2, 0) is 4.79 Å². The molecule has 0 spiro atoms. The summed E-state index contributed by atoms with van der Waals surface area (Å²) < 4.78 is 3.32. The van der Waals surface area contributed by atoms with Crippen molar-refractivity contribution in [1.82, 2.24) is 14.6 Å². The Labute approximate surface area is 172 Å². The van der Waals surface area contributed by atoms with Crippen molar-refractivity contribution < 1.29 is 4.79 Å². The first-order chi connectivity index (χ1) is 13.5. The van der Waals surface area contributed by atoms with E-state index in [1.54, 1.807) is 11.3 Å². The van der Waals surface area contributed by atoms with Crippen LogP contribution in [0.1, 0.15) is 30.3 Å². The summed E-state index contributed by atoms with van der Waals surface area (Å²) in [4.78, 5) is 13.0. The van der Waals surface area contributed by atoms with Crippen LogP contribution in [0.2, 0.25) is 0 Å². The van der Waals surface area contributed by atoms with Crippen LogP contribution in [0.15, 0.2) is 40.7 Å². The van der Waals surface area contributed by atoms with E-state index in [-0.39, 0.29) is 11.2 Å². The molecule has 1 N–H and O–H groups in total. The number of carbonyl (C=O) groups is 1. The van der Waals surface area contributed by atoms with Crippen LogP contribution in [0.4, 0.5) is 5.69 Å². The predicted octanol–water partition coefficient (Wildman–Crippen LogP) is 5.38. The minimum Gasteiger partial charge on any atom is -0.325 e. The van der Waals surface area contributed by atoms with Gasteiger partial charge in [-0.15, -0.1) is 21.5 Å². The van der Waals surface area contributed by atoms with Crippen molar-refractivity contribution in [3.05, 3.63) is 52.7 Å². The Morgan fingerprint density at radius 3 is 2.79 bits per heavy atom. The number of benzene rings is 1. The van der Waals surface area contributed by atoms with Crippen molar-refractivity contribution in [3.63, 3.8) is 0 Å². The summed E-state index contributed by atoms with van der Waals surface area (Å²) in [6.45, 7) is 8.01. The molecule has 3 heterocycles. The molecule has 0 aliphatic carbocycles. The third kappa shape index (κ3) is 3.40. The highest BCUT2D eigenvalue weighted by Gasteiger charge is 2.22. The minimum absolute atomic E-state index is 0.00454. The van der Waals surface area contributed by atoms with Crippen molar-refractivity contribution in [2.24, 2.45) is 0 Å². The number of anilines is 1. The monoisotopic (exact) mass is 410 g/mol. The van der Waals surface area contributed by atoms with Crippen LogP contribution in [0.3, 0.4) is 0 Å². The molecule has 1 aromatic carbocycles. The summed E-state index contributed by atoms with van der Waals surface area (Å²) in [5.74, 6) is 0.843. The molecule has 28 heavy (non-hydrogen) atoms. The Bertz CT molecular complexity index is 1180. The molecule has 4 aromatic rings. The second kappa shape index (κ2) is 7.56. The van der Waals surface area contributed by atoms with Crippen LogP contribution in [0, 0.1) is 20.8 Å². The molecule has 0 aliphatic heterocycles. The van der Waals surface area contributed by atoms with Crippen molar-refractivity contribution >= 4 is 50.4 Å². The largest absolute Gasteiger partial charge is 0.325 e. The molecular formula is C21H22N4OS2. The molecule has 0 fully saturated rings. The summed E-state index contributed by atoms with van der Waals surface area (Å²) in [5, 5.41) is 14.5. The lowest BCUT2D eigenvalue weighted by molar-refractivity contribution is -0.115. The van der Waals surface area contributed by atoms with Gasteiger partial charge < -0.3 is 5.32 Å². The van der Waals surface area contributed by atoms with Gasteiger partial charge in [-0.1, -0.05) is 30.8 Å². The van der Waals surface area contributed by atoms with Gasteiger partial charge in [-0.05, 0) is 61.9 Å². The van der Waals surface area contributed by atoms with Gasteiger partial charge in [0.2, 0.25) is 5.91 Å². The van der Waals surface area contributed by atoms with E-state index in [1.807, 2.05) is 45.9 Å². The Morgan fingerprint density at radius 1 is 1.18 bits per heavy atom. The maximum absolute atomic E-state index is 13.0. The second-order valence-electron chi connectivity index (χ2n) is 6.91. The van der Waals surface area contributed by atoms with Crippen LogP contribution < -0.4 is 5.32 Å². The van der Waals surface area contributed by atoms with E-state index in [4.69, 9.17) is 0 Å². The van der Waals surface area contributed by atoms with Crippen LogP contribution >= 0.6 is 23.1 Å². The average Bonchev–Trinajstić information content (AvgIpc) is 3.25. The zero-order valence-corrected chi connectivity index (χ0v) is 17.9. The normalized spacial score (nSPS) is 12.6. The fourth-order valence-electron chi connectivity index (χ4n) is 3.27. The highest BCUT2D eigenvalue weighted by Crippen LogP contribution is 2.33. The zero-order valence-electron chi connectivity index (χ0n) is 16.3. The number of nitrogens with zero attached hydrogens (tertiary/aromatic N) is 3. The highest BCUT2D eigenvalue weighted by atomic mass is 32.2. The number of hydrogen-bond donors (Lipinski definition) is 1. The first kappa shape index (κ1) is 19.0. The molecule has 0 aliphatic rings. The molecule has 0 radical (unpaired) electrons. The standard InChI is InChI=1S/C21H22N4OS2/c1-5-18(20(26)22-15-10-12(2)6-7-13(15)3)28-21-17-11-19-16(8-9-27-19)25(17)14(4)23-24-21/h6-11,18H,5H2,1-4H3,(H,22,26)/t18-/m1/s1. The molecule has 0 saturated carbocycles. The van der Waals surface area contributed by atoms with Gasteiger partial charge in [0.25, 0.3) is 0 Å². The van der Waals surface area contributed by atoms with Gasteiger partial charge in [0.15, 0.2) is 0 Å². The summed E-state index contributed by atoms with van der Waals surface area (Å²) >= 11 is 3.18. The van der Waals surface area contributed by atoms with Crippen LogP contribution in [0.5, 0.6) is 0 Å². The second-order valence-corrected chi connectivity index (χ2v) is 9.05. The average molecular weight is 411 g/mol. The van der Waals surface area contributed by atoms with Gasteiger partial charge in [-0.2, -0.15) is 0 Å². The quantitative estimate of drug-likeness (QED) is 0.449. The molecule has 0 saturated heterocycles. The number of thiophene rings is 1. The molecule has 1 atom stereocenters. The third-order valence-corrected chi connectivity index (χ3v) is 7.02. The number of fused-ring (bicyclic) bond motifs is 3. The number of amides is 1. The first-order valence-electron chi connectivity index (χ1n) is 9.24. The van der Waals surface area contributed by atoms with Gasteiger partial charge in [-0.3, -0.25) is 9.20 Å². The molecule has 5 nitrogen and oxygen atoms in total. The van der Waals surface area contributed by atoms with Crippen LogP contribution in [-0.4, -0.2) is 25.8 Å². The van der Waals surface area contributed by atoms with E-state index in [0.717, 1.165) is 38.7 Å². The fraction of sp³-hybridized carbons (Fsp3) is 0.286. The lowest BCUT2D eigenvalue weighted by atomic mass is 10.1. The zero-order chi connectivity index (χ0) is 19.8.